The summed E-state index contributed by atoms with van der Waals surface area (Å²) in [5.41, 5.74) is 2.09. The van der Waals surface area contributed by atoms with Crippen LogP contribution in [-0.4, -0.2) is 52.1 Å². The highest BCUT2D eigenvalue weighted by Gasteiger charge is 2.44. The Morgan fingerprint density at radius 1 is 1.24 bits per heavy atom. The molecule has 0 unspecified atom stereocenters. The molecule has 1 aromatic carbocycles. The van der Waals surface area contributed by atoms with Crippen molar-refractivity contribution in [3.8, 4) is 0 Å². The number of fused-ring (bicyclic) bond motifs is 1. The lowest BCUT2D eigenvalue weighted by atomic mass is 9.77. The van der Waals surface area contributed by atoms with E-state index in [0.29, 0.717) is 29.2 Å². The Labute approximate surface area is 176 Å². The van der Waals surface area contributed by atoms with E-state index in [9.17, 15) is 4.79 Å². The fraction of sp³-hybridized carbons (Fsp3) is 0.591. The predicted molar refractivity (Wildman–Crippen MR) is 110 cm³/mol. The summed E-state index contributed by atoms with van der Waals surface area (Å²) < 4.78 is 7.87. The van der Waals surface area contributed by atoms with Gasteiger partial charge in [-0.2, -0.15) is 0 Å². The molecule has 29 heavy (non-hydrogen) atoms. The monoisotopic (exact) mass is 414 g/mol. The number of hydrogen-bond donors (Lipinski definition) is 0. The molecular weight excluding hydrogens is 388 g/mol. The van der Waals surface area contributed by atoms with Gasteiger partial charge in [-0.25, -0.2) is 4.68 Å². The number of carbonyl (C=O) groups excluding carboxylic acids is 1. The molecule has 2 aromatic rings. The molecule has 2 saturated carbocycles. The van der Waals surface area contributed by atoms with Gasteiger partial charge in [0.2, 0.25) is 5.91 Å². The first-order chi connectivity index (χ1) is 14.1. The van der Waals surface area contributed by atoms with Gasteiger partial charge in [0, 0.05) is 37.3 Å². The molecule has 7 heteroatoms. The molecule has 6 nitrogen and oxygen atoms in total. The van der Waals surface area contributed by atoms with Crippen molar-refractivity contribution in [2.45, 2.75) is 50.2 Å². The zero-order chi connectivity index (χ0) is 20.0. The van der Waals surface area contributed by atoms with Crippen molar-refractivity contribution >= 4 is 17.5 Å². The molecule has 2 aliphatic carbocycles. The molecule has 0 spiro atoms. The second-order valence-corrected chi connectivity index (χ2v) is 9.27. The van der Waals surface area contributed by atoms with Crippen molar-refractivity contribution in [2.75, 3.05) is 20.2 Å². The third kappa shape index (κ3) is 3.92. The van der Waals surface area contributed by atoms with Gasteiger partial charge in [-0.1, -0.05) is 28.9 Å². The molecule has 3 aliphatic rings. The summed E-state index contributed by atoms with van der Waals surface area (Å²) >= 11 is 6.07. The van der Waals surface area contributed by atoms with Crippen LogP contribution in [0.4, 0.5) is 0 Å². The number of ether oxygens (including phenoxy) is 1. The van der Waals surface area contributed by atoms with Crippen molar-refractivity contribution in [3.63, 3.8) is 0 Å². The SMILES string of the molecule is CO[C@@H]1C[C@H]2CN(C(=O)Cc3cccc(Cl)c3)C[C@H]2C[C@H]1n1cc(C2CC2)nn1. The summed E-state index contributed by atoms with van der Waals surface area (Å²) in [4.78, 5) is 14.9. The van der Waals surface area contributed by atoms with Crippen LogP contribution in [0.15, 0.2) is 30.5 Å². The Balaban J connectivity index is 1.26. The summed E-state index contributed by atoms with van der Waals surface area (Å²) in [6.07, 6.45) is 7.05. The Bertz CT molecular complexity index is 896. The number of likely N-dealkylation sites (tertiary alicyclic amines) is 1. The number of aromatic nitrogens is 3. The average molecular weight is 415 g/mol. The normalized spacial score (nSPS) is 29.1. The van der Waals surface area contributed by atoms with E-state index in [1.807, 2.05) is 33.8 Å². The molecule has 1 amide bonds. The first-order valence-electron chi connectivity index (χ1n) is 10.6. The van der Waals surface area contributed by atoms with Crippen molar-refractivity contribution in [1.29, 1.82) is 0 Å². The first-order valence-corrected chi connectivity index (χ1v) is 10.9. The fourth-order valence-electron chi connectivity index (χ4n) is 5.08. The zero-order valence-electron chi connectivity index (χ0n) is 16.7. The van der Waals surface area contributed by atoms with Gasteiger partial charge in [0.05, 0.1) is 24.3 Å². The number of halogens is 1. The van der Waals surface area contributed by atoms with E-state index in [2.05, 4.69) is 16.5 Å². The third-order valence-corrected chi connectivity index (χ3v) is 7.08. The van der Waals surface area contributed by atoms with Crippen molar-refractivity contribution in [3.05, 3.63) is 46.7 Å². The highest BCUT2D eigenvalue weighted by atomic mass is 35.5. The quantitative estimate of drug-likeness (QED) is 0.751. The molecule has 1 aliphatic heterocycles. The van der Waals surface area contributed by atoms with Crippen LogP contribution in [0.1, 0.15) is 48.9 Å². The lowest BCUT2D eigenvalue weighted by Gasteiger charge is -2.36. The molecule has 0 bridgehead atoms. The smallest absolute Gasteiger partial charge is 0.227 e. The maximum atomic E-state index is 12.9. The molecule has 1 aromatic heterocycles. The fourth-order valence-corrected chi connectivity index (χ4v) is 5.29. The topological polar surface area (TPSA) is 60.2 Å². The van der Waals surface area contributed by atoms with Gasteiger partial charge < -0.3 is 9.64 Å². The largest absolute Gasteiger partial charge is 0.379 e. The van der Waals surface area contributed by atoms with Crippen molar-refractivity contribution in [1.82, 2.24) is 19.9 Å². The lowest BCUT2D eigenvalue weighted by molar-refractivity contribution is -0.129. The van der Waals surface area contributed by atoms with E-state index in [0.717, 1.165) is 37.2 Å². The van der Waals surface area contributed by atoms with Gasteiger partial charge >= 0.3 is 0 Å². The molecule has 2 heterocycles. The highest BCUT2D eigenvalue weighted by Crippen LogP contribution is 2.43. The summed E-state index contributed by atoms with van der Waals surface area (Å²) in [7, 11) is 1.79. The number of rotatable bonds is 5. The van der Waals surface area contributed by atoms with Gasteiger partial charge in [-0.3, -0.25) is 4.79 Å². The predicted octanol–water partition coefficient (Wildman–Crippen LogP) is 3.48. The number of nitrogens with zero attached hydrogens (tertiary/aromatic N) is 4. The number of carbonyl (C=O) groups is 1. The molecule has 1 saturated heterocycles. The second-order valence-electron chi connectivity index (χ2n) is 8.84. The summed E-state index contributed by atoms with van der Waals surface area (Å²) in [6, 6.07) is 7.78. The van der Waals surface area contributed by atoms with E-state index in [-0.39, 0.29) is 18.1 Å². The molecule has 0 N–H and O–H groups in total. The van der Waals surface area contributed by atoms with E-state index in [1.165, 1.54) is 12.8 Å². The highest BCUT2D eigenvalue weighted by molar-refractivity contribution is 6.30. The molecule has 5 rings (SSSR count). The van der Waals surface area contributed by atoms with E-state index < -0.39 is 0 Å². The number of amides is 1. The summed E-state index contributed by atoms with van der Waals surface area (Å²) in [5, 5.41) is 9.49. The Kier molecular flexibility index (Phi) is 5.08. The van der Waals surface area contributed by atoms with Crippen LogP contribution in [0.2, 0.25) is 5.02 Å². The molecule has 4 atom stereocenters. The van der Waals surface area contributed by atoms with Crippen LogP contribution in [0.25, 0.3) is 0 Å². The van der Waals surface area contributed by atoms with Crippen molar-refractivity contribution < 1.29 is 9.53 Å². The molecule has 0 radical (unpaired) electrons. The van der Waals surface area contributed by atoms with Gasteiger partial charge in [-0.05, 0) is 55.2 Å². The standard InChI is InChI=1S/C22H27ClN4O2/c1-29-21-10-17-12-26(22(28)8-14-3-2-4-18(23)7-14)11-16(17)9-20(21)27-13-19(24-25-27)15-5-6-15/h2-4,7,13,15-17,20-21H,5-6,8-12H2,1H3/t16-,17+,20-,21-/m1/s1. The van der Waals surface area contributed by atoms with E-state index in [4.69, 9.17) is 16.3 Å². The van der Waals surface area contributed by atoms with E-state index >= 15 is 0 Å². The van der Waals surface area contributed by atoms with Crippen LogP contribution in [0, 0.1) is 11.8 Å². The third-order valence-electron chi connectivity index (χ3n) is 6.85. The van der Waals surface area contributed by atoms with E-state index in [1.54, 1.807) is 7.11 Å². The number of methoxy groups -OCH3 is 1. The molecular formula is C22H27ClN4O2. The maximum absolute atomic E-state index is 12.9. The second kappa shape index (κ2) is 7.73. The summed E-state index contributed by atoms with van der Waals surface area (Å²) in [5.74, 6) is 1.77. The molecule has 154 valence electrons. The Hall–Kier alpha value is -1.92. The Morgan fingerprint density at radius 3 is 2.76 bits per heavy atom. The summed E-state index contributed by atoms with van der Waals surface area (Å²) in [6.45, 7) is 1.64. The van der Waals surface area contributed by atoms with Crippen LogP contribution in [0.3, 0.4) is 0 Å². The van der Waals surface area contributed by atoms with Gasteiger partial charge in [-0.15, -0.1) is 5.10 Å². The first kappa shape index (κ1) is 19.1. The van der Waals surface area contributed by atoms with Gasteiger partial charge in [0.25, 0.3) is 0 Å². The van der Waals surface area contributed by atoms with Crippen LogP contribution in [0.5, 0.6) is 0 Å². The molecule has 3 fully saturated rings. The lowest BCUT2D eigenvalue weighted by Crippen LogP contribution is -2.37. The van der Waals surface area contributed by atoms with Crippen LogP contribution < -0.4 is 0 Å². The van der Waals surface area contributed by atoms with Crippen LogP contribution >= 0.6 is 11.6 Å². The van der Waals surface area contributed by atoms with Crippen LogP contribution in [-0.2, 0) is 16.0 Å². The number of benzene rings is 1. The van der Waals surface area contributed by atoms with Gasteiger partial charge in [0.15, 0.2) is 0 Å². The Morgan fingerprint density at radius 2 is 2.03 bits per heavy atom. The minimum Gasteiger partial charge on any atom is -0.379 e. The van der Waals surface area contributed by atoms with Gasteiger partial charge in [0.1, 0.15) is 0 Å². The number of hydrogen-bond acceptors (Lipinski definition) is 4. The maximum Gasteiger partial charge on any atom is 0.227 e. The average Bonchev–Trinajstić information content (AvgIpc) is 3.29. The van der Waals surface area contributed by atoms with Crippen molar-refractivity contribution in [2.24, 2.45) is 11.8 Å². The zero-order valence-corrected chi connectivity index (χ0v) is 17.5. The minimum absolute atomic E-state index is 0.119. The minimum atomic E-state index is 0.119.